The SMILES string of the molecule is OC1CCCCC1CNCCCn1ccnc1. The molecule has 0 aliphatic heterocycles. The van der Waals surface area contributed by atoms with Crippen LogP contribution < -0.4 is 5.32 Å². The summed E-state index contributed by atoms with van der Waals surface area (Å²) in [5.74, 6) is 0.469. The van der Waals surface area contributed by atoms with Crippen LogP contribution in [0.2, 0.25) is 0 Å². The first kappa shape index (κ1) is 12.6. The van der Waals surface area contributed by atoms with Gasteiger partial charge in [0.1, 0.15) is 0 Å². The van der Waals surface area contributed by atoms with Crippen molar-refractivity contribution in [3.05, 3.63) is 18.7 Å². The molecule has 1 heterocycles. The van der Waals surface area contributed by atoms with Crippen LogP contribution in [-0.4, -0.2) is 33.9 Å². The molecule has 2 N–H and O–H groups in total. The lowest BCUT2D eigenvalue weighted by Gasteiger charge is -2.27. The Labute approximate surface area is 103 Å². The summed E-state index contributed by atoms with van der Waals surface area (Å²) in [5.41, 5.74) is 0. The van der Waals surface area contributed by atoms with Gasteiger partial charge in [-0.2, -0.15) is 0 Å². The van der Waals surface area contributed by atoms with Crippen LogP contribution >= 0.6 is 0 Å². The molecule has 2 rings (SSSR count). The zero-order valence-corrected chi connectivity index (χ0v) is 10.4. The molecule has 1 aliphatic rings. The van der Waals surface area contributed by atoms with Crippen LogP contribution in [-0.2, 0) is 6.54 Å². The summed E-state index contributed by atoms with van der Waals surface area (Å²) in [6, 6.07) is 0. The lowest BCUT2D eigenvalue weighted by Crippen LogP contribution is -2.34. The molecular weight excluding hydrogens is 214 g/mol. The van der Waals surface area contributed by atoms with Crippen LogP contribution in [0.5, 0.6) is 0 Å². The van der Waals surface area contributed by atoms with E-state index in [-0.39, 0.29) is 6.10 Å². The van der Waals surface area contributed by atoms with Gasteiger partial charge in [0, 0.05) is 25.5 Å². The molecule has 1 aromatic heterocycles. The third-order valence-electron chi connectivity index (χ3n) is 3.60. The maximum absolute atomic E-state index is 9.82. The van der Waals surface area contributed by atoms with E-state index >= 15 is 0 Å². The van der Waals surface area contributed by atoms with Crippen molar-refractivity contribution in [2.75, 3.05) is 13.1 Å². The highest BCUT2D eigenvalue weighted by Gasteiger charge is 2.21. The Kier molecular flexibility index (Phi) is 5.01. The summed E-state index contributed by atoms with van der Waals surface area (Å²) < 4.78 is 2.09. The number of aromatic nitrogens is 2. The third-order valence-corrected chi connectivity index (χ3v) is 3.60. The molecule has 96 valence electrons. The Morgan fingerprint density at radius 1 is 1.35 bits per heavy atom. The van der Waals surface area contributed by atoms with E-state index < -0.39 is 0 Å². The standard InChI is InChI=1S/C13H23N3O/c17-13-5-2-1-4-12(13)10-14-6-3-8-16-9-7-15-11-16/h7,9,11-14,17H,1-6,8,10H2. The monoisotopic (exact) mass is 237 g/mol. The molecule has 1 aliphatic carbocycles. The maximum atomic E-state index is 9.82. The molecular formula is C13H23N3O. The van der Waals surface area contributed by atoms with Crippen molar-refractivity contribution >= 4 is 0 Å². The summed E-state index contributed by atoms with van der Waals surface area (Å²) in [6.07, 6.45) is 11.3. The van der Waals surface area contributed by atoms with Gasteiger partial charge in [-0.15, -0.1) is 0 Å². The summed E-state index contributed by atoms with van der Waals surface area (Å²) >= 11 is 0. The van der Waals surface area contributed by atoms with Crippen molar-refractivity contribution in [3.8, 4) is 0 Å². The van der Waals surface area contributed by atoms with Crippen LogP contribution in [0.15, 0.2) is 18.7 Å². The fourth-order valence-electron chi connectivity index (χ4n) is 2.52. The first-order valence-electron chi connectivity index (χ1n) is 6.71. The van der Waals surface area contributed by atoms with Crippen molar-refractivity contribution in [1.29, 1.82) is 0 Å². The first-order chi connectivity index (χ1) is 8.36. The summed E-state index contributed by atoms with van der Waals surface area (Å²) in [6.45, 7) is 2.99. The number of aryl methyl sites for hydroxylation is 1. The molecule has 0 aromatic carbocycles. The molecule has 4 nitrogen and oxygen atoms in total. The molecule has 0 radical (unpaired) electrons. The van der Waals surface area contributed by atoms with E-state index in [4.69, 9.17) is 0 Å². The molecule has 1 saturated carbocycles. The minimum atomic E-state index is -0.0788. The molecule has 0 spiro atoms. The number of hydrogen-bond acceptors (Lipinski definition) is 3. The largest absolute Gasteiger partial charge is 0.393 e. The minimum Gasteiger partial charge on any atom is -0.393 e. The molecule has 17 heavy (non-hydrogen) atoms. The lowest BCUT2D eigenvalue weighted by molar-refractivity contribution is 0.0697. The van der Waals surface area contributed by atoms with Gasteiger partial charge in [-0.3, -0.25) is 0 Å². The second kappa shape index (κ2) is 6.77. The molecule has 1 fully saturated rings. The molecule has 2 unspecified atom stereocenters. The summed E-state index contributed by atoms with van der Waals surface area (Å²) in [7, 11) is 0. The van der Waals surface area contributed by atoms with Crippen molar-refractivity contribution in [2.45, 2.75) is 44.8 Å². The summed E-state index contributed by atoms with van der Waals surface area (Å²) in [5, 5.41) is 13.3. The minimum absolute atomic E-state index is 0.0788. The van der Waals surface area contributed by atoms with Gasteiger partial charge in [0.2, 0.25) is 0 Å². The number of nitrogens with zero attached hydrogens (tertiary/aromatic N) is 2. The predicted octanol–water partition coefficient (Wildman–Crippen LogP) is 1.41. The maximum Gasteiger partial charge on any atom is 0.0945 e. The van der Waals surface area contributed by atoms with Crippen molar-refractivity contribution < 1.29 is 5.11 Å². The number of rotatable bonds is 6. The fourth-order valence-corrected chi connectivity index (χ4v) is 2.52. The van der Waals surface area contributed by atoms with E-state index in [0.717, 1.165) is 32.5 Å². The Morgan fingerprint density at radius 3 is 3.00 bits per heavy atom. The molecule has 2 atom stereocenters. The van der Waals surface area contributed by atoms with Crippen LogP contribution in [0.25, 0.3) is 0 Å². The van der Waals surface area contributed by atoms with Crippen LogP contribution in [0.1, 0.15) is 32.1 Å². The average molecular weight is 237 g/mol. The highest BCUT2D eigenvalue weighted by atomic mass is 16.3. The zero-order chi connectivity index (χ0) is 11.9. The normalized spacial score (nSPS) is 25.0. The molecule has 4 heteroatoms. The van der Waals surface area contributed by atoms with Gasteiger partial charge in [-0.1, -0.05) is 12.8 Å². The van der Waals surface area contributed by atoms with Crippen molar-refractivity contribution in [2.24, 2.45) is 5.92 Å². The Hall–Kier alpha value is -0.870. The number of hydrogen-bond donors (Lipinski definition) is 2. The van der Waals surface area contributed by atoms with E-state index in [1.807, 2.05) is 18.7 Å². The van der Waals surface area contributed by atoms with Crippen LogP contribution in [0.3, 0.4) is 0 Å². The van der Waals surface area contributed by atoms with Gasteiger partial charge in [-0.05, 0) is 31.7 Å². The molecule has 0 saturated heterocycles. The van der Waals surface area contributed by atoms with Gasteiger partial charge >= 0.3 is 0 Å². The number of aliphatic hydroxyl groups is 1. The second-order valence-electron chi connectivity index (χ2n) is 4.97. The van der Waals surface area contributed by atoms with Gasteiger partial charge in [0.25, 0.3) is 0 Å². The Bertz CT molecular complexity index is 300. The Balaban J connectivity index is 1.53. The smallest absolute Gasteiger partial charge is 0.0945 e. The van der Waals surface area contributed by atoms with Crippen LogP contribution in [0.4, 0.5) is 0 Å². The van der Waals surface area contributed by atoms with E-state index in [2.05, 4.69) is 14.9 Å². The highest BCUT2D eigenvalue weighted by molar-refractivity contribution is 4.76. The van der Waals surface area contributed by atoms with E-state index in [9.17, 15) is 5.11 Å². The quantitative estimate of drug-likeness (QED) is 0.736. The molecule has 1 aromatic rings. The Morgan fingerprint density at radius 2 is 2.24 bits per heavy atom. The summed E-state index contributed by atoms with van der Waals surface area (Å²) in [4.78, 5) is 4.01. The predicted molar refractivity (Wildman–Crippen MR) is 67.7 cm³/mol. The van der Waals surface area contributed by atoms with Gasteiger partial charge < -0.3 is 15.0 Å². The number of imidazole rings is 1. The second-order valence-corrected chi connectivity index (χ2v) is 4.97. The third kappa shape index (κ3) is 4.13. The molecule has 0 bridgehead atoms. The van der Waals surface area contributed by atoms with Crippen molar-refractivity contribution in [1.82, 2.24) is 14.9 Å². The highest BCUT2D eigenvalue weighted by Crippen LogP contribution is 2.23. The van der Waals surface area contributed by atoms with Gasteiger partial charge in [-0.25, -0.2) is 4.98 Å². The lowest BCUT2D eigenvalue weighted by atomic mass is 9.86. The van der Waals surface area contributed by atoms with Crippen molar-refractivity contribution in [3.63, 3.8) is 0 Å². The fraction of sp³-hybridized carbons (Fsp3) is 0.769. The van der Waals surface area contributed by atoms with Gasteiger partial charge in [0.15, 0.2) is 0 Å². The molecule has 0 amide bonds. The number of nitrogens with one attached hydrogen (secondary N) is 1. The van der Waals surface area contributed by atoms with Crippen LogP contribution in [0, 0.1) is 5.92 Å². The zero-order valence-electron chi connectivity index (χ0n) is 10.4. The number of aliphatic hydroxyl groups excluding tert-OH is 1. The van der Waals surface area contributed by atoms with Gasteiger partial charge in [0.05, 0.1) is 12.4 Å². The first-order valence-corrected chi connectivity index (χ1v) is 6.71. The topological polar surface area (TPSA) is 50.1 Å². The van der Waals surface area contributed by atoms with E-state index in [0.29, 0.717) is 5.92 Å². The van der Waals surface area contributed by atoms with E-state index in [1.165, 1.54) is 19.3 Å². The van der Waals surface area contributed by atoms with E-state index in [1.54, 1.807) is 0 Å². The average Bonchev–Trinajstić information content (AvgIpc) is 2.84.